The molecule has 0 spiro atoms. The largest absolute Gasteiger partial charge is 0.396 e. The minimum absolute atomic E-state index is 0.0859. The van der Waals surface area contributed by atoms with E-state index in [1.165, 1.54) is 23.1 Å². The molecule has 0 atom stereocenters. The van der Waals surface area contributed by atoms with E-state index in [0.717, 1.165) is 0 Å². The van der Waals surface area contributed by atoms with Gasteiger partial charge < -0.3 is 16.0 Å². The van der Waals surface area contributed by atoms with Crippen molar-refractivity contribution in [2.75, 3.05) is 18.8 Å². The summed E-state index contributed by atoms with van der Waals surface area (Å²) in [7, 11) is 0. The summed E-state index contributed by atoms with van der Waals surface area (Å²) in [6.07, 6.45) is 0. The Hall–Kier alpha value is -2.11. The zero-order valence-corrected chi connectivity index (χ0v) is 10.9. The Morgan fingerprint density at radius 1 is 1.47 bits per heavy atom. The van der Waals surface area contributed by atoms with Gasteiger partial charge in [-0.15, -0.1) is 0 Å². The zero-order valence-electron chi connectivity index (χ0n) is 10.9. The lowest BCUT2D eigenvalue weighted by Gasteiger charge is -2.41. The van der Waals surface area contributed by atoms with Crippen LogP contribution in [0.2, 0.25) is 0 Å². The summed E-state index contributed by atoms with van der Waals surface area (Å²) in [5.41, 5.74) is 4.51. The summed E-state index contributed by atoms with van der Waals surface area (Å²) in [6, 6.07) is 4.08. The quantitative estimate of drug-likeness (QED) is 0.736. The van der Waals surface area contributed by atoms with Crippen molar-refractivity contribution in [1.82, 2.24) is 10.2 Å². The van der Waals surface area contributed by atoms with Crippen LogP contribution in [0.3, 0.4) is 0 Å². The van der Waals surface area contributed by atoms with Gasteiger partial charge in [-0.25, -0.2) is 4.39 Å². The fourth-order valence-electron chi connectivity index (χ4n) is 2.12. The lowest BCUT2D eigenvalue weighted by molar-refractivity contribution is -0.133. The maximum atomic E-state index is 13.4. The molecule has 0 bridgehead atoms. The average molecular weight is 265 g/mol. The first kappa shape index (κ1) is 13.3. The van der Waals surface area contributed by atoms with Crippen LogP contribution in [0.15, 0.2) is 18.2 Å². The molecule has 102 valence electrons. The molecule has 1 heterocycles. The number of piperazine rings is 1. The molecule has 1 saturated heterocycles. The van der Waals surface area contributed by atoms with Gasteiger partial charge in [-0.2, -0.15) is 0 Å². The van der Waals surface area contributed by atoms with Gasteiger partial charge in [0.1, 0.15) is 11.4 Å². The number of halogens is 1. The van der Waals surface area contributed by atoms with E-state index in [-0.39, 0.29) is 17.2 Å². The average Bonchev–Trinajstić information content (AvgIpc) is 2.35. The van der Waals surface area contributed by atoms with Crippen molar-refractivity contribution in [3.8, 4) is 0 Å². The van der Waals surface area contributed by atoms with Crippen LogP contribution in [-0.4, -0.2) is 35.3 Å². The van der Waals surface area contributed by atoms with Crippen molar-refractivity contribution in [1.29, 1.82) is 0 Å². The predicted molar refractivity (Wildman–Crippen MR) is 68.9 cm³/mol. The van der Waals surface area contributed by atoms with Gasteiger partial charge >= 0.3 is 0 Å². The van der Waals surface area contributed by atoms with E-state index in [1.54, 1.807) is 13.8 Å². The molecule has 1 aromatic carbocycles. The fourth-order valence-corrected chi connectivity index (χ4v) is 2.12. The molecule has 2 rings (SSSR count). The molecule has 1 aliphatic rings. The molecular formula is C13H16FN3O2. The van der Waals surface area contributed by atoms with Crippen LogP contribution in [0.5, 0.6) is 0 Å². The molecule has 6 heteroatoms. The first-order valence-corrected chi connectivity index (χ1v) is 6.00. The van der Waals surface area contributed by atoms with Crippen LogP contribution < -0.4 is 11.1 Å². The number of anilines is 1. The molecule has 0 aliphatic carbocycles. The van der Waals surface area contributed by atoms with Crippen LogP contribution >= 0.6 is 0 Å². The maximum absolute atomic E-state index is 13.4. The fraction of sp³-hybridized carbons (Fsp3) is 0.385. The highest BCUT2D eigenvalue weighted by atomic mass is 19.1. The van der Waals surface area contributed by atoms with Gasteiger partial charge in [0.2, 0.25) is 5.91 Å². The lowest BCUT2D eigenvalue weighted by Crippen LogP contribution is -2.63. The van der Waals surface area contributed by atoms with Gasteiger partial charge in [-0.3, -0.25) is 9.59 Å². The molecule has 1 aliphatic heterocycles. The minimum Gasteiger partial charge on any atom is -0.396 e. The van der Waals surface area contributed by atoms with Crippen molar-refractivity contribution < 1.29 is 14.0 Å². The van der Waals surface area contributed by atoms with E-state index in [4.69, 9.17) is 5.73 Å². The Morgan fingerprint density at radius 2 is 2.16 bits per heavy atom. The van der Waals surface area contributed by atoms with Crippen LogP contribution in [-0.2, 0) is 4.79 Å². The number of carbonyl (C=O) groups excluding carboxylic acids is 2. The van der Waals surface area contributed by atoms with Crippen molar-refractivity contribution in [2.45, 2.75) is 19.4 Å². The van der Waals surface area contributed by atoms with E-state index in [2.05, 4.69) is 5.32 Å². The number of amides is 2. The number of hydrogen-bond donors (Lipinski definition) is 2. The van der Waals surface area contributed by atoms with Gasteiger partial charge in [0.05, 0.1) is 11.3 Å². The number of carbonyl (C=O) groups is 2. The van der Waals surface area contributed by atoms with Gasteiger partial charge in [0.15, 0.2) is 0 Å². The highest BCUT2D eigenvalue weighted by molar-refractivity contribution is 6.03. The molecule has 19 heavy (non-hydrogen) atoms. The van der Waals surface area contributed by atoms with E-state index in [9.17, 15) is 14.0 Å². The second kappa shape index (κ2) is 4.53. The highest BCUT2D eigenvalue weighted by Crippen LogP contribution is 2.24. The van der Waals surface area contributed by atoms with E-state index < -0.39 is 17.3 Å². The Bertz CT molecular complexity index is 543. The monoisotopic (exact) mass is 265 g/mol. The minimum atomic E-state index is -0.978. The number of nitrogens with one attached hydrogen (secondary N) is 1. The maximum Gasteiger partial charge on any atom is 0.256 e. The molecule has 0 unspecified atom stereocenters. The van der Waals surface area contributed by atoms with Crippen molar-refractivity contribution >= 4 is 17.5 Å². The van der Waals surface area contributed by atoms with Crippen molar-refractivity contribution in [2.24, 2.45) is 0 Å². The standard InChI is InChI=1S/C13H16FN3O2/c1-13(2)12(19)16-6-7-17(13)11(18)8-4-3-5-9(14)10(8)15/h3-5H,6-7,15H2,1-2H3,(H,16,19). The number of rotatable bonds is 1. The number of nitrogens with zero attached hydrogens (tertiary/aromatic N) is 1. The van der Waals surface area contributed by atoms with Gasteiger partial charge in [-0.1, -0.05) is 6.07 Å². The summed E-state index contributed by atoms with van der Waals surface area (Å²) in [5.74, 6) is -1.30. The molecule has 1 aromatic rings. The smallest absolute Gasteiger partial charge is 0.256 e. The van der Waals surface area contributed by atoms with Gasteiger partial charge in [0, 0.05) is 13.1 Å². The molecule has 0 radical (unpaired) electrons. The summed E-state index contributed by atoms with van der Waals surface area (Å²) in [5, 5.41) is 2.70. The normalized spacial score (nSPS) is 18.1. The van der Waals surface area contributed by atoms with E-state index >= 15 is 0 Å². The topological polar surface area (TPSA) is 75.4 Å². The molecule has 2 amide bonds. The second-order valence-electron chi connectivity index (χ2n) is 4.97. The first-order valence-electron chi connectivity index (χ1n) is 6.00. The van der Waals surface area contributed by atoms with Crippen LogP contribution in [0.1, 0.15) is 24.2 Å². The molecule has 1 fully saturated rings. The number of nitrogens with two attached hydrogens (primary N) is 1. The van der Waals surface area contributed by atoms with Gasteiger partial charge in [0.25, 0.3) is 5.91 Å². The van der Waals surface area contributed by atoms with Crippen LogP contribution in [0.4, 0.5) is 10.1 Å². The number of benzene rings is 1. The third kappa shape index (κ3) is 2.14. The third-order valence-electron chi connectivity index (χ3n) is 3.38. The van der Waals surface area contributed by atoms with Crippen LogP contribution in [0, 0.1) is 5.82 Å². The Labute approximate surface area is 110 Å². The molecule has 5 nitrogen and oxygen atoms in total. The number of para-hydroxylation sites is 1. The Kier molecular flexibility index (Phi) is 3.18. The molecule has 0 saturated carbocycles. The number of nitrogen functional groups attached to an aromatic ring is 1. The van der Waals surface area contributed by atoms with Gasteiger partial charge in [-0.05, 0) is 26.0 Å². The summed E-state index contributed by atoms with van der Waals surface area (Å²) >= 11 is 0. The van der Waals surface area contributed by atoms with Crippen molar-refractivity contribution in [3.05, 3.63) is 29.6 Å². The number of hydrogen-bond acceptors (Lipinski definition) is 3. The Balaban J connectivity index is 2.38. The first-order chi connectivity index (χ1) is 8.85. The molecular weight excluding hydrogens is 249 g/mol. The molecule has 0 aromatic heterocycles. The predicted octanol–water partition coefficient (Wildman–Crippen LogP) is 0.758. The van der Waals surface area contributed by atoms with Crippen molar-refractivity contribution in [3.63, 3.8) is 0 Å². The molecule has 3 N–H and O–H groups in total. The SMILES string of the molecule is CC1(C)C(=O)NCCN1C(=O)c1cccc(F)c1N. The van der Waals surface area contributed by atoms with E-state index in [1.807, 2.05) is 0 Å². The lowest BCUT2D eigenvalue weighted by atomic mass is 9.97. The zero-order chi connectivity index (χ0) is 14.2. The summed E-state index contributed by atoms with van der Waals surface area (Å²) in [4.78, 5) is 25.7. The van der Waals surface area contributed by atoms with Crippen LogP contribution in [0.25, 0.3) is 0 Å². The second-order valence-corrected chi connectivity index (χ2v) is 4.97. The third-order valence-corrected chi connectivity index (χ3v) is 3.38. The highest BCUT2D eigenvalue weighted by Gasteiger charge is 2.41. The summed E-state index contributed by atoms with van der Waals surface area (Å²) < 4.78 is 13.4. The van der Waals surface area contributed by atoms with E-state index in [0.29, 0.717) is 13.1 Å². The Morgan fingerprint density at radius 3 is 2.84 bits per heavy atom. The summed E-state index contributed by atoms with van der Waals surface area (Å²) in [6.45, 7) is 4.04.